The number of pyridine rings is 1. The minimum Gasteiger partial charge on any atom is -0.373 e. The van der Waals surface area contributed by atoms with Gasteiger partial charge in [-0.3, -0.25) is 10.1 Å². The van der Waals surface area contributed by atoms with Gasteiger partial charge < -0.3 is 5.32 Å². The molecule has 0 atom stereocenters. The molecule has 2 aromatic rings. The van der Waals surface area contributed by atoms with Crippen LogP contribution < -0.4 is 5.32 Å². The highest BCUT2D eigenvalue weighted by molar-refractivity contribution is 7.15. The van der Waals surface area contributed by atoms with E-state index in [-0.39, 0.29) is 5.69 Å². The number of thiophene rings is 1. The quantitative estimate of drug-likeness (QED) is 0.670. The van der Waals surface area contributed by atoms with Crippen LogP contribution in [0, 0.1) is 17.0 Å². The van der Waals surface area contributed by atoms with Gasteiger partial charge >= 0.3 is 0 Å². The van der Waals surface area contributed by atoms with Gasteiger partial charge in [0.05, 0.1) is 9.80 Å². The fourth-order valence-corrected chi connectivity index (χ4v) is 2.35. The molecular formula is C11H11N3O2S. The molecule has 0 aliphatic carbocycles. The summed E-state index contributed by atoms with van der Waals surface area (Å²) in [5.41, 5.74) is 0.450. The zero-order valence-electron chi connectivity index (χ0n) is 9.43. The number of rotatable bonds is 3. The van der Waals surface area contributed by atoms with Gasteiger partial charge in [0.15, 0.2) is 5.69 Å². The first-order chi connectivity index (χ1) is 8.11. The first-order valence-electron chi connectivity index (χ1n) is 5.02. The Hall–Kier alpha value is -1.95. The van der Waals surface area contributed by atoms with Crippen LogP contribution in [-0.4, -0.2) is 17.0 Å². The third kappa shape index (κ3) is 2.26. The number of nitro groups is 1. The zero-order valence-corrected chi connectivity index (χ0v) is 10.2. The van der Waals surface area contributed by atoms with Gasteiger partial charge in [-0.1, -0.05) is 0 Å². The average molecular weight is 249 g/mol. The lowest BCUT2D eigenvalue weighted by atomic mass is 10.2. The maximum atomic E-state index is 11.0. The zero-order chi connectivity index (χ0) is 12.4. The van der Waals surface area contributed by atoms with E-state index in [1.807, 2.05) is 19.1 Å². The van der Waals surface area contributed by atoms with Gasteiger partial charge in [-0.2, -0.15) is 0 Å². The van der Waals surface area contributed by atoms with Crippen LogP contribution >= 0.6 is 11.3 Å². The second-order valence-corrected chi connectivity index (χ2v) is 4.77. The molecule has 0 aliphatic rings. The molecule has 0 aromatic carbocycles. The molecule has 2 rings (SSSR count). The molecule has 0 saturated carbocycles. The third-order valence-electron chi connectivity index (χ3n) is 2.30. The van der Waals surface area contributed by atoms with Crippen molar-refractivity contribution in [2.75, 3.05) is 12.4 Å². The van der Waals surface area contributed by atoms with Crippen molar-refractivity contribution >= 4 is 22.8 Å². The minimum absolute atomic E-state index is 0.0332. The Kier molecular flexibility index (Phi) is 3.06. The van der Waals surface area contributed by atoms with E-state index in [0.29, 0.717) is 11.5 Å². The fraction of sp³-hybridized carbons (Fsp3) is 0.182. The molecule has 0 radical (unpaired) electrons. The van der Waals surface area contributed by atoms with Crippen LogP contribution in [-0.2, 0) is 0 Å². The summed E-state index contributed by atoms with van der Waals surface area (Å²) in [6, 6.07) is 6.86. The fourth-order valence-electron chi connectivity index (χ4n) is 1.48. The number of hydrogen-bond acceptors (Lipinski definition) is 5. The van der Waals surface area contributed by atoms with Gasteiger partial charge in [-0.05, 0) is 25.1 Å². The van der Waals surface area contributed by atoms with Crippen molar-refractivity contribution in [3.63, 3.8) is 0 Å². The normalized spacial score (nSPS) is 10.2. The highest BCUT2D eigenvalue weighted by Crippen LogP contribution is 2.33. The largest absolute Gasteiger partial charge is 0.373 e. The van der Waals surface area contributed by atoms with E-state index in [9.17, 15) is 10.1 Å². The molecule has 0 spiro atoms. The Bertz CT molecular complexity index is 566. The van der Waals surface area contributed by atoms with Crippen LogP contribution in [0.15, 0.2) is 24.3 Å². The van der Waals surface area contributed by atoms with Crippen LogP contribution in [0.3, 0.4) is 0 Å². The molecule has 0 aliphatic heterocycles. The molecule has 2 aromatic heterocycles. The van der Waals surface area contributed by atoms with Gasteiger partial charge in [0.1, 0.15) is 5.82 Å². The summed E-state index contributed by atoms with van der Waals surface area (Å²) < 4.78 is 0. The molecule has 0 fully saturated rings. The van der Waals surface area contributed by atoms with Crippen molar-refractivity contribution in [1.29, 1.82) is 0 Å². The Morgan fingerprint density at radius 1 is 1.35 bits per heavy atom. The standard InChI is InChI=1S/C11H11N3O2S/c1-7-3-5-9(17-7)11-8(14(15)16)4-6-10(12-2)13-11/h3-6H,1-2H3,(H,12,13). The van der Waals surface area contributed by atoms with E-state index in [2.05, 4.69) is 10.3 Å². The molecule has 5 nitrogen and oxygen atoms in total. The highest BCUT2D eigenvalue weighted by atomic mass is 32.1. The molecule has 88 valence electrons. The topological polar surface area (TPSA) is 68.1 Å². The van der Waals surface area contributed by atoms with E-state index in [1.165, 1.54) is 17.4 Å². The number of aromatic nitrogens is 1. The van der Waals surface area contributed by atoms with Crippen molar-refractivity contribution in [3.8, 4) is 10.6 Å². The summed E-state index contributed by atoms with van der Waals surface area (Å²) in [7, 11) is 1.73. The third-order valence-corrected chi connectivity index (χ3v) is 3.31. The second kappa shape index (κ2) is 4.50. The smallest absolute Gasteiger partial charge is 0.296 e. The van der Waals surface area contributed by atoms with E-state index in [0.717, 1.165) is 9.75 Å². The number of hydrogen-bond donors (Lipinski definition) is 1. The van der Waals surface area contributed by atoms with Crippen molar-refractivity contribution in [1.82, 2.24) is 4.98 Å². The molecule has 1 N–H and O–H groups in total. The van der Waals surface area contributed by atoms with E-state index in [4.69, 9.17) is 0 Å². The summed E-state index contributed by atoms with van der Waals surface area (Å²) in [6.45, 7) is 1.96. The van der Waals surface area contributed by atoms with E-state index < -0.39 is 4.92 Å². The molecule has 2 heterocycles. The maximum Gasteiger partial charge on any atom is 0.296 e. The van der Waals surface area contributed by atoms with Crippen LogP contribution in [0.4, 0.5) is 11.5 Å². The van der Waals surface area contributed by atoms with Crippen molar-refractivity contribution in [2.24, 2.45) is 0 Å². The summed E-state index contributed by atoms with van der Waals surface area (Å²) >= 11 is 1.50. The summed E-state index contributed by atoms with van der Waals surface area (Å²) in [5, 5.41) is 13.8. The van der Waals surface area contributed by atoms with Gasteiger partial charge in [0.2, 0.25) is 0 Å². The summed E-state index contributed by atoms with van der Waals surface area (Å²) in [5.74, 6) is 0.622. The number of nitrogens with zero attached hydrogens (tertiary/aromatic N) is 2. The van der Waals surface area contributed by atoms with Crippen molar-refractivity contribution in [3.05, 3.63) is 39.3 Å². The lowest BCUT2D eigenvalue weighted by Gasteiger charge is -2.03. The van der Waals surface area contributed by atoms with Crippen molar-refractivity contribution < 1.29 is 4.92 Å². The predicted molar refractivity (Wildman–Crippen MR) is 68.5 cm³/mol. The molecule has 17 heavy (non-hydrogen) atoms. The molecule has 0 amide bonds. The van der Waals surface area contributed by atoms with Crippen LogP contribution in [0.5, 0.6) is 0 Å². The molecular weight excluding hydrogens is 238 g/mol. The maximum absolute atomic E-state index is 11.0. The Balaban J connectivity index is 2.60. The number of anilines is 1. The Labute approximate surface area is 102 Å². The summed E-state index contributed by atoms with van der Waals surface area (Å²) in [6.07, 6.45) is 0. The lowest BCUT2D eigenvalue weighted by molar-refractivity contribution is -0.384. The van der Waals surface area contributed by atoms with Gasteiger partial charge in [0, 0.05) is 18.0 Å². The first kappa shape index (κ1) is 11.5. The molecule has 0 saturated heterocycles. The molecule has 6 heteroatoms. The highest BCUT2D eigenvalue weighted by Gasteiger charge is 2.18. The van der Waals surface area contributed by atoms with Crippen LogP contribution in [0.25, 0.3) is 10.6 Å². The monoisotopic (exact) mass is 249 g/mol. The molecule has 0 unspecified atom stereocenters. The van der Waals surface area contributed by atoms with Crippen LogP contribution in [0.2, 0.25) is 0 Å². The Morgan fingerprint density at radius 2 is 2.12 bits per heavy atom. The number of aryl methyl sites for hydroxylation is 1. The average Bonchev–Trinajstić information content (AvgIpc) is 2.75. The second-order valence-electron chi connectivity index (χ2n) is 3.48. The van der Waals surface area contributed by atoms with E-state index in [1.54, 1.807) is 13.1 Å². The van der Waals surface area contributed by atoms with E-state index >= 15 is 0 Å². The lowest BCUT2D eigenvalue weighted by Crippen LogP contribution is -1.97. The minimum atomic E-state index is -0.406. The number of nitrogens with one attached hydrogen (secondary N) is 1. The summed E-state index contributed by atoms with van der Waals surface area (Å²) in [4.78, 5) is 16.7. The molecule has 0 bridgehead atoms. The van der Waals surface area contributed by atoms with Gasteiger partial charge in [-0.25, -0.2) is 4.98 Å². The first-order valence-corrected chi connectivity index (χ1v) is 5.83. The van der Waals surface area contributed by atoms with Gasteiger partial charge in [-0.15, -0.1) is 11.3 Å². The van der Waals surface area contributed by atoms with Crippen LogP contribution in [0.1, 0.15) is 4.88 Å². The predicted octanol–water partition coefficient (Wildman–Crippen LogP) is 3.07. The SMILES string of the molecule is CNc1ccc([N+](=O)[O-])c(-c2ccc(C)s2)n1. The Morgan fingerprint density at radius 3 is 2.65 bits per heavy atom. The van der Waals surface area contributed by atoms with Crippen molar-refractivity contribution in [2.45, 2.75) is 6.92 Å². The van der Waals surface area contributed by atoms with Gasteiger partial charge in [0.25, 0.3) is 5.69 Å².